The van der Waals surface area contributed by atoms with Crippen LogP contribution in [0.5, 0.6) is 0 Å². The van der Waals surface area contributed by atoms with Crippen molar-refractivity contribution in [3.8, 4) is 5.69 Å². The molecule has 3 heterocycles. The van der Waals surface area contributed by atoms with Gasteiger partial charge in [0, 0.05) is 37.7 Å². The first-order chi connectivity index (χ1) is 11.7. The molecule has 1 amide bonds. The SMILES string of the molecule is COCC1(CNC(=O)c2cc(-n3cccn3)ccn2)CCNCC1. The molecular formula is C17H23N5O2. The molecule has 24 heavy (non-hydrogen) atoms. The number of pyridine rings is 1. The molecule has 0 unspecified atom stereocenters. The van der Waals surface area contributed by atoms with E-state index < -0.39 is 0 Å². The van der Waals surface area contributed by atoms with Gasteiger partial charge in [-0.05, 0) is 44.1 Å². The lowest BCUT2D eigenvalue weighted by Crippen LogP contribution is -2.47. The number of piperidine rings is 1. The lowest BCUT2D eigenvalue weighted by Gasteiger charge is -2.37. The zero-order valence-electron chi connectivity index (χ0n) is 13.9. The van der Waals surface area contributed by atoms with E-state index in [2.05, 4.69) is 20.7 Å². The number of amides is 1. The Balaban J connectivity index is 1.67. The summed E-state index contributed by atoms with van der Waals surface area (Å²) < 4.78 is 7.09. The van der Waals surface area contributed by atoms with Gasteiger partial charge in [0.05, 0.1) is 12.3 Å². The Morgan fingerprint density at radius 2 is 2.25 bits per heavy atom. The summed E-state index contributed by atoms with van der Waals surface area (Å²) >= 11 is 0. The van der Waals surface area contributed by atoms with Crippen molar-refractivity contribution >= 4 is 5.91 Å². The van der Waals surface area contributed by atoms with Crippen LogP contribution in [-0.4, -0.2) is 54.0 Å². The van der Waals surface area contributed by atoms with Crippen molar-refractivity contribution in [3.63, 3.8) is 0 Å². The van der Waals surface area contributed by atoms with Crippen molar-refractivity contribution in [2.75, 3.05) is 33.4 Å². The first-order valence-electron chi connectivity index (χ1n) is 8.16. The van der Waals surface area contributed by atoms with E-state index in [4.69, 9.17) is 4.74 Å². The first-order valence-corrected chi connectivity index (χ1v) is 8.16. The summed E-state index contributed by atoms with van der Waals surface area (Å²) in [5, 5.41) is 10.6. The molecule has 0 atom stereocenters. The van der Waals surface area contributed by atoms with Gasteiger partial charge in [0.25, 0.3) is 5.91 Å². The largest absolute Gasteiger partial charge is 0.384 e. The van der Waals surface area contributed by atoms with E-state index in [9.17, 15) is 4.79 Å². The van der Waals surface area contributed by atoms with Crippen molar-refractivity contribution in [2.45, 2.75) is 12.8 Å². The summed E-state index contributed by atoms with van der Waals surface area (Å²) in [6.45, 7) is 3.14. The highest BCUT2D eigenvalue weighted by Crippen LogP contribution is 2.28. The molecule has 0 radical (unpaired) electrons. The maximum atomic E-state index is 12.5. The van der Waals surface area contributed by atoms with Gasteiger partial charge in [-0.1, -0.05) is 0 Å². The average Bonchev–Trinajstić information content (AvgIpc) is 3.16. The molecule has 7 heteroatoms. The second kappa shape index (κ2) is 7.55. The Morgan fingerprint density at radius 3 is 2.96 bits per heavy atom. The molecule has 2 aromatic heterocycles. The van der Waals surface area contributed by atoms with Crippen LogP contribution >= 0.6 is 0 Å². The van der Waals surface area contributed by atoms with E-state index in [1.807, 2.05) is 18.3 Å². The number of carbonyl (C=O) groups excluding carboxylic acids is 1. The fraction of sp³-hybridized carbons (Fsp3) is 0.471. The molecule has 0 aliphatic carbocycles. The Morgan fingerprint density at radius 1 is 1.42 bits per heavy atom. The summed E-state index contributed by atoms with van der Waals surface area (Å²) in [7, 11) is 1.71. The topological polar surface area (TPSA) is 81.1 Å². The molecule has 0 aromatic carbocycles. The lowest BCUT2D eigenvalue weighted by molar-refractivity contribution is 0.0511. The van der Waals surface area contributed by atoms with Gasteiger partial charge in [-0.2, -0.15) is 5.10 Å². The van der Waals surface area contributed by atoms with Crippen LogP contribution in [0.4, 0.5) is 0 Å². The Labute approximate surface area is 141 Å². The van der Waals surface area contributed by atoms with Gasteiger partial charge in [0.1, 0.15) is 5.69 Å². The lowest BCUT2D eigenvalue weighted by atomic mass is 9.79. The van der Waals surface area contributed by atoms with Crippen LogP contribution in [0.1, 0.15) is 23.3 Å². The van der Waals surface area contributed by atoms with E-state index in [0.29, 0.717) is 18.8 Å². The number of nitrogens with one attached hydrogen (secondary N) is 2. The predicted octanol–water partition coefficient (Wildman–Crippen LogP) is 1.01. The third kappa shape index (κ3) is 3.80. The monoisotopic (exact) mass is 329 g/mol. The van der Waals surface area contributed by atoms with E-state index in [0.717, 1.165) is 31.6 Å². The van der Waals surface area contributed by atoms with Crippen LogP contribution in [-0.2, 0) is 4.74 Å². The maximum Gasteiger partial charge on any atom is 0.269 e. The van der Waals surface area contributed by atoms with E-state index in [1.165, 1.54) is 0 Å². The molecule has 3 rings (SSSR count). The van der Waals surface area contributed by atoms with Gasteiger partial charge < -0.3 is 15.4 Å². The summed E-state index contributed by atoms with van der Waals surface area (Å²) in [5.74, 6) is -0.169. The third-order valence-electron chi connectivity index (χ3n) is 4.48. The highest BCUT2D eigenvalue weighted by molar-refractivity contribution is 5.92. The van der Waals surface area contributed by atoms with E-state index in [-0.39, 0.29) is 11.3 Å². The summed E-state index contributed by atoms with van der Waals surface area (Å²) in [6.07, 6.45) is 7.14. The Hall–Kier alpha value is -2.25. The van der Waals surface area contributed by atoms with Crippen molar-refractivity contribution in [1.82, 2.24) is 25.4 Å². The number of hydrogen-bond acceptors (Lipinski definition) is 5. The summed E-state index contributed by atoms with van der Waals surface area (Å²) in [6, 6.07) is 5.41. The van der Waals surface area contributed by atoms with E-state index in [1.54, 1.807) is 30.3 Å². The summed E-state index contributed by atoms with van der Waals surface area (Å²) in [4.78, 5) is 16.7. The molecule has 1 aliphatic rings. The number of nitrogens with zero attached hydrogens (tertiary/aromatic N) is 3. The second-order valence-electron chi connectivity index (χ2n) is 6.22. The van der Waals surface area contributed by atoms with E-state index >= 15 is 0 Å². The maximum absolute atomic E-state index is 12.5. The molecule has 0 bridgehead atoms. The van der Waals surface area contributed by atoms with Gasteiger partial charge in [0.15, 0.2) is 0 Å². The highest BCUT2D eigenvalue weighted by Gasteiger charge is 2.32. The quantitative estimate of drug-likeness (QED) is 0.827. The number of carbonyl (C=O) groups is 1. The van der Waals surface area contributed by atoms with Crippen molar-refractivity contribution in [3.05, 3.63) is 42.5 Å². The predicted molar refractivity (Wildman–Crippen MR) is 90.1 cm³/mol. The molecule has 128 valence electrons. The molecule has 7 nitrogen and oxygen atoms in total. The molecule has 0 spiro atoms. The van der Waals surface area contributed by atoms with Crippen molar-refractivity contribution in [2.24, 2.45) is 5.41 Å². The highest BCUT2D eigenvalue weighted by atomic mass is 16.5. The first kappa shape index (κ1) is 16.6. The normalized spacial score (nSPS) is 16.7. The Bertz CT molecular complexity index is 660. The minimum atomic E-state index is -0.169. The smallest absolute Gasteiger partial charge is 0.269 e. The van der Waals surface area contributed by atoms with Crippen LogP contribution in [0.3, 0.4) is 0 Å². The zero-order chi connectivity index (χ0) is 16.8. The number of ether oxygens (including phenoxy) is 1. The van der Waals surface area contributed by atoms with Crippen molar-refractivity contribution < 1.29 is 9.53 Å². The summed E-state index contributed by atoms with van der Waals surface area (Å²) in [5.41, 5.74) is 1.20. The van der Waals surface area contributed by atoms with Gasteiger partial charge >= 0.3 is 0 Å². The fourth-order valence-corrected chi connectivity index (χ4v) is 3.10. The van der Waals surface area contributed by atoms with Gasteiger partial charge in [0.2, 0.25) is 0 Å². The minimum absolute atomic E-state index is 0.00471. The third-order valence-corrected chi connectivity index (χ3v) is 4.48. The molecular weight excluding hydrogens is 306 g/mol. The van der Waals surface area contributed by atoms with Crippen LogP contribution in [0.25, 0.3) is 5.69 Å². The van der Waals surface area contributed by atoms with Crippen LogP contribution in [0.15, 0.2) is 36.8 Å². The number of hydrogen-bond donors (Lipinski definition) is 2. The average molecular weight is 329 g/mol. The van der Waals surface area contributed by atoms with Crippen LogP contribution < -0.4 is 10.6 Å². The Kier molecular flexibility index (Phi) is 5.22. The molecule has 1 fully saturated rings. The van der Waals surface area contributed by atoms with Gasteiger partial charge in [-0.15, -0.1) is 0 Å². The second-order valence-corrected chi connectivity index (χ2v) is 6.22. The molecule has 1 aliphatic heterocycles. The number of rotatable bonds is 6. The van der Waals surface area contributed by atoms with Gasteiger partial charge in [-0.25, -0.2) is 4.68 Å². The molecule has 2 N–H and O–H groups in total. The molecule has 1 saturated heterocycles. The number of methoxy groups -OCH3 is 1. The van der Waals surface area contributed by atoms with Crippen LogP contribution in [0, 0.1) is 5.41 Å². The van der Waals surface area contributed by atoms with Crippen molar-refractivity contribution in [1.29, 1.82) is 0 Å². The standard InChI is InChI=1S/C17H23N5O2/c1-24-13-17(4-8-18-9-5-17)12-20-16(23)15-11-14(3-7-19-15)22-10-2-6-21-22/h2-3,6-7,10-11,18H,4-5,8-9,12-13H2,1H3,(H,20,23). The zero-order valence-corrected chi connectivity index (χ0v) is 13.9. The van der Waals surface area contributed by atoms with Crippen LogP contribution in [0.2, 0.25) is 0 Å². The number of aromatic nitrogens is 3. The van der Waals surface area contributed by atoms with Gasteiger partial charge in [-0.3, -0.25) is 9.78 Å². The molecule has 2 aromatic rings. The minimum Gasteiger partial charge on any atom is -0.384 e. The molecule has 0 saturated carbocycles. The fourth-order valence-electron chi connectivity index (χ4n) is 3.10.